The van der Waals surface area contributed by atoms with E-state index in [1.165, 1.54) is 23.9 Å². The van der Waals surface area contributed by atoms with Crippen LogP contribution in [0.25, 0.3) is 0 Å². The molecule has 0 aliphatic carbocycles. The van der Waals surface area contributed by atoms with Crippen molar-refractivity contribution >= 4 is 17.7 Å². The van der Waals surface area contributed by atoms with Crippen molar-refractivity contribution in [3.63, 3.8) is 0 Å². The second-order valence-corrected chi connectivity index (χ2v) is 4.76. The fourth-order valence-corrected chi connectivity index (χ4v) is 2.47. The Morgan fingerprint density at radius 3 is 2.56 bits per heavy atom. The molecule has 1 N–H and O–H groups in total. The summed E-state index contributed by atoms with van der Waals surface area (Å²) in [6.45, 7) is 0. The van der Waals surface area contributed by atoms with Crippen LogP contribution in [0.15, 0.2) is 53.4 Å². The first-order valence-corrected chi connectivity index (χ1v) is 6.35. The van der Waals surface area contributed by atoms with Crippen LogP contribution >= 0.6 is 11.8 Å². The Morgan fingerprint density at radius 2 is 1.89 bits per heavy atom. The number of carboxylic acids is 1. The van der Waals surface area contributed by atoms with Crippen molar-refractivity contribution in [1.82, 2.24) is 0 Å². The molecular formula is C14H11FO2S. The lowest BCUT2D eigenvalue weighted by Crippen LogP contribution is -2.02. The molecule has 18 heavy (non-hydrogen) atoms. The summed E-state index contributed by atoms with van der Waals surface area (Å²) in [5.74, 6) is -1.12. The molecule has 2 aromatic rings. The molecule has 0 aliphatic rings. The third-order valence-electron chi connectivity index (χ3n) is 2.44. The minimum atomic E-state index is -1.10. The van der Waals surface area contributed by atoms with E-state index in [1.54, 1.807) is 0 Å². The summed E-state index contributed by atoms with van der Waals surface area (Å²) in [6, 6.07) is 13.5. The molecule has 0 amide bonds. The Balaban J connectivity index is 2.17. The Bertz CT molecular complexity index is 555. The van der Waals surface area contributed by atoms with Crippen molar-refractivity contribution in [3.8, 4) is 0 Å². The molecule has 0 atom stereocenters. The van der Waals surface area contributed by atoms with Gasteiger partial charge in [0.15, 0.2) is 0 Å². The Morgan fingerprint density at radius 1 is 1.17 bits per heavy atom. The highest BCUT2D eigenvalue weighted by Gasteiger charge is 2.11. The molecule has 0 radical (unpaired) electrons. The highest BCUT2D eigenvalue weighted by Crippen LogP contribution is 2.24. The van der Waals surface area contributed by atoms with E-state index in [0.717, 1.165) is 11.0 Å². The number of hydrogen-bond acceptors (Lipinski definition) is 2. The number of hydrogen-bond donors (Lipinski definition) is 1. The minimum absolute atomic E-state index is 0.0263. The quantitative estimate of drug-likeness (QED) is 0.851. The molecule has 0 unspecified atom stereocenters. The van der Waals surface area contributed by atoms with Gasteiger partial charge in [-0.15, -0.1) is 11.8 Å². The summed E-state index contributed by atoms with van der Waals surface area (Å²) in [4.78, 5) is 12.1. The second kappa shape index (κ2) is 5.69. The van der Waals surface area contributed by atoms with E-state index in [4.69, 9.17) is 5.11 Å². The SMILES string of the molecule is O=C(O)c1cc(F)ccc1CSc1ccccc1. The zero-order chi connectivity index (χ0) is 13.0. The summed E-state index contributed by atoms with van der Waals surface area (Å²) in [5, 5.41) is 9.01. The van der Waals surface area contributed by atoms with Crippen LogP contribution in [-0.2, 0) is 5.75 Å². The molecule has 2 rings (SSSR count). The molecule has 0 aromatic heterocycles. The first-order chi connectivity index (χ1) is 8.66. The van der Waals surface area contributed by atoms with Crippen molar-refractivity contribution in [2.24, 2.45) is 0 Å². The van der Waals surface area contributed by atoms with E-state index in [1.807, 2.05) is 30.3 Å². The predicted octanol–water partition coefficient (Wildman–Crippen LogP) is 3.82. The average Bonchev–Trinajstić information content (AvgIpc) is 2.38. The van der Waals surface area contributed by atoms with Gasteiger partial charge in [0.25, 0.3) is 0 Å². The van der Waals surface area contributed by atoms with Crippen molar-refractivity contribution in [1.29, 1.82) is 0 Å². The van der Waals surface area contributed by atoms with E-state index in [0.29, 0.717) is 11.3 Å². The summed E-state index contributed by atoms with van der Waals surface area (Å²) >= 11 is 1.53. The summed E-state index contributed by atoms with van der Waals surface area (Å²) in [5.41, 5.74) is 0.649. The van der Waals surface area contributed by atoms with Crippen LogP contribution in [0, 0.1) is 5.82 Å². The molecule has 0 fully saturated rings. The third-order valence-corrected chi connectivity index (χ3v) is 3.50. The van der Waals surface area contributed by atoms with Gasteiger partial charge in [-0.3, -0.25) is 0 Å². The van der Waals surface area contributed by atoms with E-state index >= 15 is 0 Å². The maximum Gasteiger partial charge on any atom is 0.336 e. The molecule has 4 heteroatoms. The van der Waals surface area contributed by atoms with Gasteiger partial charge in [-0.25, -0.2) is 9.18 Å². The summed E-state index contributed by atoms with van der Waals surface area (Å²) in [7, 11) is 0. The number of rotatable bonds is 4. The lowest BCUT2D eigenvalue weighted by atomic mass is 10.1. The maximum absolute atomic E-state index is 13.0. The van der Waals surface area contributed by atoms with Gasteiger partial charge in [-0.2, -0.15) is 0 Å². The fraction of sp³-hybridized carbons (Fsp3) is 0.0714. The molecule has 0 saturated heterocycles. The molecule has 0 aliphatic heterocycles. The van der Waals surface area contributed by atoms with Gasteiger partial charge in [0.05, 0.1) is 5.56 Å². The number of halogens is 1. The lowest BCUT2D eigenvalue weighted by Gasteiger charge is -2.06. The largest absolute Gasteiger partial charge is 0.478 e. The number of carboxylic acid groups (broad SMARTS) is 1. The third kappa shape index (κ3) is 3.11. The first-order valence-electron chi connectivity index (χ1n) is 5.36. The van der Waals surface area contributed by atoms with Crippen molar-refractivity contribution in [2.45, 2.75) is 10.6 Å². The smallest absolute Gasteiger partial charge is 0.336 e. The molecule has 0 saturated carbocycles. The normalized spacial score (nSPS) is 10.3. The van der Waals surface area contributed by atoms with E-state index < -0.39 is 11.8 Å². The van der Waals surface area contributed by atoms with Gasteiger partial charge >= 0.3 is 5.97 Å². The molecule has 0 heterocycles. The van der Waals surface area contributed by atoms with Gasteiger partial charge in [-0.05, 0) is 29.8 Å². The van der Waals surface area contributed by atoms with Crippen molar-refractivity contribution in [2.75, 3.05) is 0 Å². The molecule has 0 spiro atoms. The molecule has 92 valence electrons. The zero-order valence-corrected chi connectivity index (χ0v) is 10.3. The Hall–Kier alpha value is -1.81. The Labute approximate surface area is 108 Å². The van der Waals surface area contributed by atoms with Gasteiger partial charge in [0.1, 0.15) is 5.82 Å². The van der Waals surface area contributed by atoms with Crippen LogP contribution in [0.2, 0.25) is 0 Å². The molecule has 2 aromatic carbocycles. The minimum Gasteiger partial charge on any atom is -0.478 e. The van der Waals surface area contributed by atoms with E-state index in [-0.39, 0.29) is 5.56 Å². The highest BCUT2D eigenvalue weighted by atomic mass is 32.2. The maximum atomic E-state index is 13.0. The van der Waals surface area contributed by atoms with Crippen LogP contribution < -0.4 is 0 Å². The van der Waals surface area contributed by atoms with Gasteiger partial charge in [0, 0.05) is 10.6 Å². The average molecular weight is 262 g/mol. The molecule has 2 nitrogen and oxygen atoms in total. The van der Waals surface area contributed by atoms with Crippen LogP contribution in [0.3, 0.4) is 0 Å². The Kier molecular flexibility index (Phi) is 3.99. The summed E-state index contributed by atoms with van der Waals surface area (Å²) < 4.78 is 13.0. The molecule has 0 bridgehead atoms. The fourth-order valence-electron chi connectivity index (χ4n) is 1.55. The van der Waals surface area contributed by atoms with Crippen molar-refractivity contribution in [3.05, 3.63) is 65.5 Å². The second-order valence-electron chi connectivity index (χ2n) is 3.71. The topological polar surface area (TPSA) is 37.3 Å². The monoisotopic (exact) mass is 262 g/mol. The lowest BCUT2D eigenvalue weighted by molar-refractivity contribution is 0.0695. The van der Waals surface area contributed by atoms with E-state index in [2.05, 4.69) is 0 Å². The standard InChI is InChI=1S/C14H11FO2S/c15-11-7-6-10(13(8-11)14(16)17)9-18-12-4-2-1-3-5-12/h1-8H,9H2,(H,16,17). The highest BCUT2D eigenvalue weighted by molar-refractivity contribution is 7.98. The number of thioether (sulfide) groups is 1. The van der Waals surface area contributed by atoms with Gasteiger partial charge in [-0.1, -0.05) is 24.3 Å². The van der Waals surface area contributed by atoms with Crippen LogP contribution in [0.5, 0.6) is 0 Å². The van der Waals surface area contributed by atoms with Crippen LogP contribution in [-0.4, -0.2) is 11.1 Å². The predicted molar refractivity (Wildman–Crippen MR) is 69.4 cm³/mol. The van der Waals surface area contributed by atoms with Crippen molar-refractivity contribution < 1.29 is 14.3 Å². The molecular weight excluding hydrogens is 251 g/mol. The van der Waals surface area contributed by atoms with Gasteiger partial charge < -0.3 is 5.11 Å². The van der Waals surface area contributed by atoms with Crippen LogP contribution in [0.4, 0.5) is 4.39 Å². The van der Waals surface area contributed by atoms with Gasteiger partial charge in [0.2, 0.25) is 0 Å². The van der Waals surface area contributed by atoms with Crippen LogP contribution in [0.1, 0.15) is 15.9 Å². The number of carbonyl (C=O) groups is 1. The number of aromatic carboxylic acids is 1. The van der Waals surface area contributed by atoms with E-state index in [9.17, 15) is 9.18 Å². The number of benzene rings is 2. The zero-order valence-electron chi connectivity index (χ0n) is 9.47. The first kappa shape index (κ1) is 12.6. The summed E-state index contributed by atoms with van der Waals surface area (Å²) in [6.07, 6.45) is 0.